The van der Waals surface area contributed by atoms with E-state index in [1.165, 1.54) is 0 Å². The van der Waals surface area contributed by atoms with Gasteiger partial charge in [-0.25, -0.2) is 0 Å². The second-order valence-electron chi connectivity index (χ2n) is 7.32. The minimum Gasteiger partial charge on any atom is -0.481 e. The van der Waals surface area contributed by atoms with Crippen LogP contribution in [0.4, 0.5) is 0 Å². The first kappa shape index (κ1) is 19.2. The van der Waals surface area contributed by atoms with Gasteiger partial charge in [0.1, 0.15) is 0 Å². The van der Waals surface area contributed by atoms with Crippen LogP contribution in [0.5, 0.6) is 0 Å². The molecular formula is C23H26O4. The molecule has 0 radical (unpaired) electrons. The van der Waals surface area contributed by atoms with Crippen LogP contribution in [-0.4, -0.2) is 22.2 Å². The first-order valence-electron chi connectivity index (χ1n) is 9.65. The standard InChI is InChI=1S/C23H26O4/c1-3-9-19(21(24)25)23(20(10-4-2)22(26)27)17-13-7-5-11-15(17)16-12-6-8-14-18(16)23/h5-8,11-14,19-20H,3-4,9-10H2,1-2H3,(H,24,25)(H,26,27). The average molecular weight is 366 g/mol. The van der Waals surface area contributed by atoms with E-state index in [0.29, 0.717) is 25.7 Å². The maximum absolute atomic E-state index is 12.4. The van der Waals surface area contributed by atoms with Gasteiger partial charge in [0, 0.05) is 5.41 Å². The van der Waals surface area contributed by atoms with E-state index in [2.05, 4.69) is 0 Å². The highest BCUT2D eigenvalue weighted by atomic mass is 16.4. The number of hydrogen-bond donors (Lipinski definition) is 2. The molecule has 0 saturated carbocycles. The zero-order chi connectivity index (χ0) is 19.6. The minimum atomic E-state index is -1.06. The van der Waals surface area contributed by atoms with Crippen LogP contribution in [0.1, 0.15) is 50.7 Å². The summed E-state index contributed by atoms with van der Waals surface area (Å²) >= 11 is 0. The third-order valence-electron chi connectivity index (χ3n) is 5.89. The summed E-state index contributed by atoms with van der Waals surface area (Å²) < 4.78 is 0. The van der Waals surface area contributed by atoms with Crippen molar-refractivity contribution in [3.05, 3.63) is 59.7 Å². The molecule has 2 unspecified atom stereocenters. The molecule has 27 heavy (non-hydrogen) atoms. The van der Waals surface area contributed by atoms with Crippen LogP contribution in [0.25, 0.3) is 11.1 Å². The second kappa shape index (κ2) is 7.55. The number of aliphatic carboxylic acids is 2. The molecule has 2 aromatic rings. The molecular weight excluding hydrogens is 340 g/mol. The van der Waals surface area contributed by atoms with E-state index in [-0.39, 0.29) is 0 Å². The summed E-state index contributed by atoms with van der Waals surface area (Å²) in [6, 6.07) is 15.4. The van der Waals surface area contributed by atoms with Crippen LogP contribution < -0.4 is 0 Å². The SMILES string of the molecule is CCCC(C(=O)O)C1(C(CCC)C(=O)O)c2ccccc2-c2ccccc21. The van der Waals surface area contributed by atoms with Crippen molar-refractivity contribution in [2.75, 3.05) is 0 Å². The Balaban J connectivity index is 2.43. The predicted octanol–water partition coefficient (Wildman–Crippen LogP) is 4.95. The molecule has 0 heterocycles. The molecule has 0 aromatic heterocycles. The van der Waals surface area contributed by atoms with Gasteiger partial charge in [0.25, 0.3) is 0 Å². The number of carboxylic acid groups (broad SMARTS) is 2. The van der Waals surface area contributed by atoms with Crippen molar-refractivity contribution in [2.24, 2.45) is 11.8 Å². The van der Waals surface area contributed by atoms with Gasteiger partial charge in [-0.3, -0.25) is 9.59 Å². The van der Waals surface area contributed by atoms with Crippen molar-refractivity contribution >= 4 is 11.9 Å². The molecule has 3 rings (SSSR count). The fraction of sp³-hybridized carbons (Fsp3) is 0.391. The van der Waals surface area contributed by atoms with Crippen LogP contribution in [0.2, 0.25) is 0 Å². The van der Waals surface area contributed by atoms with Gasteiger partial charge in [-0.05, 0) is 35.1 Å². The van der Waals surface area contributed by atoms with Crippen molar-refractivity contribution in [1.82, 2.24) is 0 Å². The summed E-state index contributed by atoms with van der Waals surface area (Å²) in [6.07, 6.45) is 2.24. The zero-order valence-electron chi connectivity index (χ0n) is 15.8. The molecule has 1 aliphatic carbocycles. The summed E-state index contributed by atoms with van der Waals surface area (Å²) in [5.41, 5.74) is 2.54. The van der Waals surface area contributed by atoms with E-state index in [1.807, 2.05) is 62.4 Å². The van der Waals surface area contributed by atoms with E-state index in [0.717, 1.165) is 22.3 Å². The van der Waals surface area contributed by atoms with Crippen LogP contribution in [0.3, 0.4) is 0 Å². The van der Waals surface area contributed by atoms with Crippen LogP contribution in [0.15, 0.2) is 48.5 Å². The smallest absolute Gasteiger partial charge is 0.307 e. The Hall–Kier alpha value is -2.62. The first-order valence-corrected chi connectivity index (χ1v) is 9.65. The lowest BCUT2D eigenvalue weighted by Crippen LogP contribution is -2.48. The van der Waals surface area contributed by atoms with Crippen LogP contribution in [0, 0.1) is 11.8 Å². The van der Waals surface area contributed by atoms with Gasteiger partial charge < -0.3 is 10.2 Å². The number of rotatable bonds is 8. The molecule has 0 saturated heterocycles. The van der Waals surface area contributed by atoms with E-state index >= 15 is 0 Å². The molecule has 2 atom stereocenters. The highest BCUT2D eigenvalue weighted by molar-refractivity contribution is 5.89. The van der Waals surface area contributed by atoms with Gasteiger partial charge in [0.15, 0.2) is 0 Å². The minimum absolute atomic E-state index is 0.436. The average Bonchev–Trinajstić information content (AvgIpc) is 2.95. The fourth-order valence-corrected chi connectivity index (χ4v) is 4.97. The first-order chi connectivity index (χ1) is 13.0. The number of carbonyl (C=O) groups is 2. The van der Waals surface area contributed by atoms with Gasteiger partial charge in [0.2, 0.25) is 0 Å². The van der Waals surface area contributed by atoms with Gasteiger partial charge in [-0.2, -0.15) is 0 Å². The number of carboxylic acids is 2. The fourth-order valence-electron chi connectivity index (χ4n) is 4.97. The van der Waals surface area contributed by atoms with E-state index in [4.69, 9.17) is 0 Å². The Morgan fingerprint density at radius 2 is 1.15 bits per heavy atom. The van der Waals surface area contributed by atoms with Crippen LogP contribution >= 0.6 is 0 Å². The molecule has 1 aliphatic rings. The third kappa shape index (κ3) is 2.84. The number of benzene rings is 2. The maximum Gasteiger partial charge on any atom is 0.307 e. The molecule has 2 aromatic carbocycles. The van der Waals surface area contributed by atoms with Crippen molar-refractivity contribution in [3.63, 3.8) is 0 Å². The lowest BCUT2D eigenvalue weighted by atomic mass is 9.58. The van der Waals surface area contributed by atoms with Crippen molar-refractivity contribution < 1.29 is 19.8 Å². The van der Waals surface area contributed by atoms with Crippen molar-refractivity contribution in [1.29, 1.82) is 0 Å². The van der Waals surface area contributed by atoms with Gasteiger partial charge >= 0.3 is 11.9 Å². The largest absolute Gasteiger partial charge is 0.481 e. The summed E-state index contributed by atoms with van der Waals surface area (Å²) in [7, 11) is 0. The zero-order valence-corrected chi connectivity index (χ0v) is 15.8. The monoisotopic (exact) mass is 366 g/mol. The topological polar surface area (TPSA) is 74.6 Å². The lowest BCUT2D eigenvalue weighted by Gasteiger charge is -2.42. The molecule has 0 amide bonds. The Morgan fingerprint density at radius 3 is 1.48 bits per heavy atom. The molecule has 0 aliphatic heterocycles. The Bertz CT molecular complexity index is 783. The Kier molecular flexibility index (Phi) is 5.36. The summed E-state index contributed by atoms with van der Waals surface area (Å²) in [4.78, 5) is 24.9. The molecule has 4 heteroatoms. The van der Waals surface area contributed by atoms with E-state index in [9.17, 15) is 19.8 Å². The third-order valence-corrected chi connectivity index (χ3v) is 5.89. The molecule has 142 valence electrons. The van der Waals surface area contributed by atoms with Gasteiger partial charge in [0.05, 0.1) is 11.8 Å². The van der Waals surface area contributed by atoms with E-state index in [1.54, 1.807) is 0 Å². The molecule has 0 bridgehead atoms. The number of hydrogen-bond acceptors (Lipinski definition) is 2. The van der Waals surface area contributed by atoms with Crippen molar-refractivity contribution in [3.8, 4) is 11.1 Å². The Labute approximate surface area is 159 Å². The van der Waals surface area contributed by atoms with Gasteiger partial charge in [-0.15, -0.1) is 0 Å². The van der Waals surface area contributed by atoms with Gasteiger partial charge in [-0.1, -0.05) is 75.2 Å². The number of fused-ring (bicyclic) bond motifs is 3. The normalized spacial score (nSPS) is 16.2. The van der Waals surface area contributed by atoms with E-state index < -0.39 is 29.2 Å². The quantitative estimate of drug-likeness (QED) is 0.693. The second-order valence-corrected chi connectivity index (χ2v) is 7.32. The highest BCUT2D eigenvalue weighted by Gasteiger charge is 2.57. The predicted molar refractivity (Wildman–Crippen MR) is 105 cm³/mol. The summed E-state index contributed by atoms with van der Waals surface area (Å²) in [5.74, 6) is -3.43. The summed E-state index contributed by atoms with van der Waals surface area (Å²) in [5, 5.41) is 20.4. The molecule has 0 spiro atoms. The van der Waals surface area contributed by atoms with Crippen LogP contribution in [-0.2, 0) is 15.0 Å². The molecule has 0 fully saturated rings. The highest BCUT2D eigenvalue weighted by Crippen LogP contribution is 2.58. The Morgan fingerprint density at radius 1 is 0.778 bits per heavy atom. The van der Waals surface area contributed by atoms with Crippen molar-refractivity contribution in [2.45, 2.75) is 44.9 Å². The molecule has 2 N–H and O–H groups in total. The summed E-state index contributed by atoms with van der Waals surface area (Å²) in [6.45, 7) is 3.90. The lowest BCUT2D eigenvalue weighted by molar-refractivity contribution is -0.150. The molecule has 4 nitrogen and oxygen atoms in total. The maximum atomic E-state index is 12.4.